The normalized spacial score (nSPS) is 22.6. The van der Waals surface area contributed by atoms with Gasteiger partial charge in [-0.1, -0.05) is 168 Å². The molecule has 5 N–H and O–H groups in total. The van der Waals surface area contributed by atoms with Crippen LogP contribution in [0.5, 0.6) is 0 Å². The predicted octanol–water partition coefficient (Wildman–Crippen LogP) is 4.10. The molecule has 0 radical (unpaired) electrons. The van der Waals surface area contributed by atoms with Gasteiger partial charge >= 0.3 is 41.5 Å². The number of hydrogen-bond acceptors (Lipinski definition) is 13. The first-order valence-corrected chi connectivity index (χ1v) is 23.3. The third-order valence-electron chi connectivity index (χ3n) is 10.4. The molecule has 0 aromatic heterocycles. The van der Waals surface area contributed by atoms with Gasteiger partial charge in [-0.25, -0.2) is 0 Å². The summed E-state index contributed by atoms with van der Waals surface area (Å²) in [4.78, 5) is 37.9. The van der Waals surface area contributed by atoms with E-state index in [1.54, 1.807) is 0 Å². The number of aliphatic hydroxyl groups excluding tert-OH is 5. The number of rotatable bonds is 36. The van der Waals surface area contributed by atoms with E-state index in [4.69, 9.17) is 18.5 Å². The Bertz CT molecular complexity index is 993. The monoisotopic (exact) mass is 833 g/mol. The van der Waals surface area contributed by atoms with Gasteiger partial charge in [0.2, 0.25) is 0 Å². The van der Waals surface area contributed by atoms with Crippen molar-refractivity contribution in [2.75, 3.05) is 13.2 Å². The zero-order chi connectivity index (χ0) is 40.7. The number of aliphatic hydroxyl groups is 5. The SMILES string of the molecule is CCCCCCCCCCCCCCCC(=O)OC[C@H](COP(=O)([O-])OC1[C@H](O)[C@H](O)C(O)[C@H](O)[C@H]1O)OC(=O)CCCCCCCCCCCCCCC.[Na+]. The number of carbonyl (C=O) groups is 2. The Morgan fingerprint density at radius 1 is 0.518 bits per heavy atom. The summed E-state index contributed by atoms with van der Waals surface area (Å²) >= 11 is 0. The summed E-state index contributed by atoms with van der Waals surface area (Å²) < 4.78 is 33.1. The quantitative estimate of drug-likeness (QED) is 0.0261. The smallest absolute Gasteiger partial charge is 0.756 e. The van der Waals surface area contributed by atoms with Crippen molar-refractivity contribution in [2.24, 2.45) is 0 Å². The standard InChI is InChI=1S/C41H79O13P.Na/c1-3-5-7-9-11-13-15-17-19-21-23-25-27-29-34(42)51-31-33(32-52-55(49,50)54-41-39(47)37(45)36(44)38(46)40(41)48)53-35(43)30-28-26-24-22-20-18-16-14-12-10-8-6-4-2;/h33,36-41,44-48H,3-32H2,1-2H3,(H,49,50);/q;+1/p-1/t33-,36?,37-,38+,39-,40-,41?;/m1./s1. The van der Waals surface area contributed by atoms with Gasteiger partial charge in [0, 0.05) is 12.8 Å². The molecule has 1 saturated carbocycles. The molecule has 15 heteroatoms. The van der Waals surface area contributed by atoms with Crippen molar-refractivity contribution in [2.45, 2.75) is 236 Å². The Morgan fingerprint density at radius 2 is 0.839 bits per heavy atom. The Labute approximate surface area is 360 Å². The van der Waals surface area contributed by atoms with E-state index in [9.17, 15) is 44.6 Å². The molecule has 3 unspecified atom stereocenters. The summed E-state index contributed by atoms with van der Waals surface area (Å²) in [5.41, 5.74) is 0. The van der Waals surface area contributed by atoms with Crippen LogP contribution in [0.25, 0.3) is 0 Å². The van der Waals surface area contributed by atoms with E-state index in [0.29, 0.717) is 12.8 Å². The Kier molecular flexibility index (Phi) is 35.5. The minimum atomic E-state index is -5.35. The fourth-order valence-corrected chi connectivity index (χ4v) is 7.83. The summed E-state index contributed by atoms with van der Waals surface area (Å²) in [5.74, 6) is -1.12. The molecule has 0 bridgehead atoms. The maximum absolute atomic E-state index is 12.7. The second-order valence-corrected chi connectivity index (χ2v) is 16.9. The second-order valence-electron chi connectivity index (χ2n) is 15.5. The minimum absolute atomic E-state index is 0. The number of hydrogen-bond donors (Lipinski definition) is 5. The third kappa shape index (κ3) is 27.6. The predicted molar refractivity (Wildman–Crippen MR) is 210 cm³/mol. The molecule has 56 heavy (non-hydrogen) atoms. The first kappa shape index (κ1) is 55.9. The zero-order valence-electron chi connectivity index (χ0n) is 35.2. The van der Waals surface area contributed by atoms with Gasteiger partial charge in [-0.05, 0) is 12.8 Å². The Hall–Kier alpha value is -0.150. The van der Waals surface area contributed by atoms with E-state index in [2.05, 4.69) is 13.8 Å². The van der Waals surface area contributed by atoms with Crippen LogP contribution in [-0.2, 0) is 32.7 Å². The van der Waals surface area contributed by atoms with E-state index in [-0.39, 0.29) is 42.4 Å². The van der Waals surface area contributed by atoms with Gasteiger partial charge in [-0.15, -0.1) is 0 Å². The largest absolute Gasteiger partial charge is 1.00 e. The number of ether oxygens (including phenoxy) is 2. The molecule has 326 valence electrons. The van der Waals surface area contributed by atoms with Crippen LogP contribution in [0.15, 0.2) is 0 Å². The first-order chi connectivity index (χ1) is 26.4. The average molecular weight is 833 g/mol. The van der Waals surface area contributed by atoms with Gasteiger partial charge in [0.25, 0.3) is 7.82 Å². The van der Waals surface area contributed by atoms with Crippen molar-refractivity contribution in [3.05, 3.63) is 0 Å². The summed E-state index contributed by atoms with van der Waals surface area (Å²) in [6.07, 6.45) is 16.9. The van der Waals surface area contributed by atoms with Gasteiger partial charge in [-0.3, -0.25) is 14.2 Å². The fourth-order valence-electron chi connectivity index (χ4n) is 6.87. The van der Waals surface area contributed by atoms with E-state index in [1.165, 1.54) is 109 Å². The van der Waals surface area contributed by atoms with Gasteiger partial charge in [0.1, 0.15) is 43.2 Å². The summed E-state index contributed by atoms with van der Waals surface area (Å²) in [5, 5.41) is 49.9. The molecular formula is C41H78NaO13P. The molecule has 1 aliphatic rings. The fraction of sp³-hybridized carbons (Fsp3) is 0.951. The molecule has 0 saturated heterocycles. The number of phosphoric acid groups is 1. The molecule has 0 amide bonds. The summed E-state index contributed by atoms with van der Waals surface area (Å²) in [6.45, 7) is 3.20. The van der Waals surface area contributed by atoms with Crippen molar-refractivity contribution in [1.29, 1.82) is 0 Å². The van der Waals surface area contributed by atoms with Gasteiger partial charge in [0.15, 0.2) is 6.10 Å². The topological polar surface area (TPSA) is 212 Å². The summed E-state index contributed by atoms with van der Waals surface area (Å²) in [7, 11) is -5.35. The van der Waals surface area contributed by atoms with Crippen molar-refractivity contribution >= 4 is 19.8 Å². The van der Waals surface area contributed by atoms with Crippen LogP contribution in [0, 0.1) is 0 Å². The third-order valence-corrected chi connectivity index (χ3v) is 11.4. The van der Waals surface area contributed by atoms with Crippen LogP contribution in [0.1, 0.15) is 194 Å². The molecule has 0 heterocycles. The Morgan fingerprint density at radius 3 is 1.21 bits per heavy atom. The number of phosphoric ester groups is 1. The van der Waals surface area contributed by atoms with Crippen LogP contribution in [0.3, 0.4) is 0 Å². The molecule has 0 aliphatic heterocycles. The van der Waals surface area contributed by atoms with Gasteiger partial charge < -0.3 is 48.9 Å². The number of esters is 2. The molecule has 1 rings (SSSR count). The maximum atomic E-state index is 12.7. The van der Waals surface area contributed by atoms with Crippen LogP contribution < -0.4 is 34.5 Å². The molecule has 1 aliphatic carbocycles. The first-order valence-electron chi connectivity index (χ1n) is 21.8. The van der Waals surface area contributed by atoms with E-state index < -0.39 is 75.7 Å². The molecule has 8 atom stereocenters. The van der Waals surface area contributed by atoms with Crippen molar-refractivity contribution in [3.8, 4) is 0 Å². The molecule has 1 fully saturated rings. The van der Waals surface area contributed by atoms with Crippen molar-refractivity contribution in [3.63, 3.8) is 0 Å². The van der Waals surface area contributed by atoms with E-state index in [1.807, 2.05) is 0 Å². The molecule has 0 aromatic rings. The average Bonchev–Trinajstić information content (AvgIpc) is 3.16. The molecular weight excluding hydrogens is 754 g/mol. The van der Waals surface area contributed by atoms with Crippen LogP contribution in [-0.4, -0.2) is 93.4 Å². The van der Waals surface area contributed by atoms with Crippen LogP contribution in [0.4, 0.5) is 0 Å². The molecule has 0 aromatic carbocycles. The van der Waals surface area contributed by atoms with Crippen LogP contribution >= 0.6 is 7.82 Å². The Balaban J connectivity index is 0.0000302. The molecule has 0 spiro atoms. The maximum Gasteiger partial charge on any atom is 1.00 e. The number of carbonyl (C=O) groups excluding carboxylic acids is 2. The van der Waals surface area contributed by atoms with E-state index >= 15 is 0 Å². The second kappa shape index (κ2) is 35.6. The van der Waals surface area contributed by atoms with Crippen LogP contribution in [0.2, 0.25) is 0 Å². The summed E-state index contributed by atoms with van der Waals surface area (Å²) in [6, 6.07) is 0. The number of unbranched alkanes of at least 4 members (excludes halogenated alkanes) is 24. The van der Waals surface area contributed by atoms with Gasteiger partial charge in [-0.2, -0.15) is 0 Å². The van der Waals surface area contributed by atoms with Gasteiger partial charge in [0.05, 0.1) is 6.61 Å². The van der Waals surface area contributed by atoms with Crippen molar-refractivity contribution < 1.29 is 92.7 Å². The minimum Gasteiger partial charge on any atom is -0.756 e. The van der Waals surface area contributed by atoms with Crippen molar-refractivity contribution in [1.82, 2.24) is 0 Å². The molecule has 13 nitrogen and oxygen atoms in total. The van der Waals surface area contributed by atoms with E-state index in [0.717, 1.165) is 44.9 Å². The zero-order valence-corrected chi connectivity index (χ0v) is 38.1.